The summed E-state index contributed by atoms with van der Waals surface area (Å²) in [5.41, 5.74) is -2.18. The highest BCUT2D eigenvalue weighted by Crippen LogP contribution is 2.22. The van der Waals surface area contributed by atoms with E-state index < -0.39 is 21.2 Å². The van der Waals surface area contributed by atoms with Crippen LogP contribution in [0.25, 0.3) is 0 Å². The molecule has 0 unspecified atom stereocenters. The lowest BCUT2D eigenvalue weighted by Crippen LogP contribution is -2.57. The van der Waals surface area contributed by atoms with E-state index in [4.69, 9.17) is 0 Å². The van der Waals surface area contributed by atoms with Crippen molar-refractivity contribution < 1.29 is 13.5 Å². The van der Waals surface area contributed by atoms with E-state index >= 15 is 0 Å². The Bertz CT molecular complexity index is 497. The smallest absolute Gasteiger partial charge is 0.260 e. The summed E-state index contributed by atoms with van der Waals surface area (Å²) in [6, 6.07) is 0. The number of aryl methyl sites for hydroxylation is 1. The summed E-state index contributed by atoms with van der Waals surface area (Å²) < 4.78 is 28.0. The summed E-state index contributed by atoms with van der Waals surface area (Å²) in [5.74, 6) is 0. The molecule has 0 spiro atoms. The maximum atomic E-state index is 12.0. The second kappa shape index (κ2) is 4.08. The normalized spacial score (nSPS) is 14.0. The minimum atomic E-state index is -3.72. The highest BCUT2D eigenvalue weighted by Gasteiger charge is 2.39. The van der Waals surface area contributed by atoms with Crippen LogP contribution in [0.3, 0.4) is 0 Å². The van der Waals surface area contributed by atoms with Crippen LogP contribution in [0.2, 0.25) is 0 Å². The Morgan fingerprint density at radius 1 is 1.35 bits per heavy atom. The van der Waals surface area contributed by atoms with Crippen LogP contribution in [0.1, 0.15) is 27.7 Å². The minimum Gasteiger partial charge on any atom is -0.389 e. The van der Waals surface area contributed by atoms with E-state index in [9.17, 15) is 13.5 Å². The molecule has 1 aromatic heterocycles. The van der Waals surface area contributed by atoms with Crippen LogP contribution >= 0.6 is 0 Å². The van der Waals surface area contributed by atoms with Crippen LogP contribution in [-0.4, -0.2) is 34.2 Å². The van der Waals surface area contributed by atoms with Gasteiger partial charge in [-0.05, 0) is 27.7 Å². The quantitative estimate of drug-likeness (QED) is 0.813. The van der Waals surface area contributed by atoms with Gasteiger partial charge in [-0.2, -0.15) is 0 Å². The van der Waals surface area contributed by atoms with E-state index in [1.807, 2.05) is 0 Å². The van der Waals surface area contributed by atoms with Crippen LogP contribution in [0, 0.1) is 0 Å². The lowest BCUT2D eigenvalue weighted by Gasteiger charge is -2.37. The molecule has 1 rings (SSSR count). The third-order valence-corrected chi connectivity index (χ3v) is 4.42. The summed E-state index contributed by atoms with van der Waals surface area (Å²) in [4.78, 5) is 3.78. The molecule has 0 aliphatic heterocycles. The molecule has 1 heterocycles. The Balaban J connectivity index is 3.03. The Kier molecular flexibility index (Phi) is 3.39. The lowest BCUT2D eigenvalue weighted by atomic mass is 9.87. The van der Waals surface area contributed by atoms with Gasteiger partial charge in [0.05, 0.1) is 17.5 Å². The average Bonchev–Trinajstić information content (AvgIpc) is 2.48. The van der Waals surface area contributed by atoms with E-state index in [1.54, 1.807) is 39.3 Å². The van der Waals surface area contributed by atoms with E-state index in [0.29, 0.717) is 0 Å². The third-order valence-electron chi connectivity index (χ3n) is 2.88. The molecule has 0 bridgehead atoms. The Labute approximate surface area is 102 Å². The molecule has 0 saturated heterocycles. The molecule has 0 amide bonds. The first-order valence-corrected chi connectivity index (χ1v) is 6.68. The predicted octanol–water partition coefficient (Wildman–Crippen LogP) is 0.248. The van der Waals surface area contributed by atoms with E-state index in [2.05, 4.69) is 9.71 Å². The van der Waals surface area contributed by atoms with Crippen molar-refractivity contribution in [3.8, 4) is 0 Å². The van der Waals surface area contributed by atoms with Crippen LogP contribution in [0.15, 0.2) is 17.6 Å². The first-order chi connectivity index (χ1) is 7.46. The first kappa shape index (κ1) is 14.1. The van der Waals surface area contributed by atoms with Crippen LogP contribution in [0.5, 0.6) is 0 Å². The summed E-state index contributed by atoms with van der Waals surface area (Å²) in [5, 5.41) is 9.85. The van der Waals surface area contributed by atoms with Crippen LogP contribution < -0.4 is 4.72 Å². The van der Waals surface area contributed by atoms with Crippen molar-refractivity contribution in [2.45, 2.75) is 43.9 Å². The standard InChI is InChI=1S/C10H19N3O3S/c1-9(2,10(3,4)14)12-17(15,16)8-6-13(5)7-11-8/h6-7,12,14H,1-5H3. The fourth-order valence-corrected chi connectivity index (χ4v) is 2.56. The molecule has 1 aromatic rings. The number of hydrogen-bond donors (Lipinski definition) is 2. The van der Waals surface area contributed by atoms with E-state index in [0.717, 1.165) is 0 Å². The zero-order valence-corrected chi connectivity index (χ0v) is 11.5. The monoisotopic (exact) mass is 261 g/mol. The number of sulfonamides is 1. The van der Waals surface area contributed by atoms with E-state index in [-0.39, 0.29) is 5.03 Å². The topological polar surface area (TPSA) is 84.2 Å². The van der Waals surface area contributed by atoms with Gasteiger partial charge in [0.15, 0.2) is 5.03 Å². The number of hydrogen-bond acceptors (Lipinski definition) is 4. The summed E-state index contributed by atoms with van der Waals surface area (Å²) in [7, 11) is -2.03. The van der Waals surface area contributed by atoms with E-state index in [1.165, 1.54) is 12.5 Å². The Hall–Kier alpha value is -0.920. The molecule has 0 saturated carbocycles. The second-order valence-corrected chi connectivity index (χ2v) is 6.80. The highest BCUT2D eigenvalue weighted by atomic mass is 32.2. The number of imidazole rings is 1. The first-order valence-electron chi connectivity index (χ1n) is 5.20. The molecule has 0 aliphatic rings. The van der Waals surface area contributed by atoms with Gasteiger partial charge in [-0.15, -0.1) is 0 Å². The zero-order valence-electron chi connectivity index (χ0n) is 10.7. The van der Waals surface area contributed by atoms with Crippen molar-refractivity contribution in [1.82, 2.24) is 14.3 Å². The molecule has 0 aromatic carbocycles. The van der Waals surface area contributed by atoms with Gasteiger partial charge >= 0.3 is 0 Å². The van der Waals surface area contributed by atoms with Crippen LogP contribution in [0.4, 0.5) is 0 Å². The molecule has 17 heavy (non-hydrogen) atoms. The number of rotatable bonds is 4. The fourth-order valence-electron chi connectivity index (χ4n) is 1.04. The molecular formula is C10H19N3O3S. The van der Waals surface area contributed by atoms with Gasteiger partial charge in [0.25, 0.3) is 10.0 Å². The van der Waals surface area contributed by atoms with Crippen molar-refractivity contribution in [3.05, 3.63) is 12.5 Å². The molecule has 0 radical (unpaired) electrons. The van der Waals surface area contributed by atoms with Gasteiger partial charge in [0, 0.05) is 13.2 Å². The SMILES string of the molecule is Cn1cnc(S(=O)(=O)NC(C)(C)C(C)(C)O)c1. The predicted molar refractivity (Wildman–Crippen MR) is 63.9 cm³/mol. The molecule has 6 nitrogen and oxygen atoms in total. The van der Waals surface area contributed by atoms with Crippen LogP contribution in [-0.2, 0) is 17.1 Å². The summed E-state index contributed by atoms with van der Waals surface area (Å²) >= 11 is 0. The van der Waals surface area contributed by atoms with Crippen molar-refractivity contribution >= 4 is 10.0 Å². The van der Waals surface area contributed by atoms with Gasteiger partial charge in [-0.3, -0.25) is 0 Å². The maximum absolute atomic E-state index is 12.0. The molecule has 7 heteroatoms. The largest absolute Gasteiger partial charge is 0.389 e. The van der Waals surface area contributed by atoms with Crippen molar-refractivity contribution in [2.75, 3.05) is 0 Å². The summed E-state index contributed by atoms with van der Waals surface area (Å²) in [6.07, 6.45) is 2.81. The number of nitrogens with one attached hydrogen (secondary N) is 1. The van der Waals surface area contributed by atoms with Gasteiger partial charge in [0.2, 0.25) is 0 Å². The molecule has 0 atom stereocenters. The van der Waals surface area contributed by atoms with Gasteiger partial charge in [-0.25, -0.2) is 18.1 Å². The lowest BCUT2D eigenvalue weighted by molar-refractivity contribution is 0.00636. The number of aromatic nitrogens is 2. The van der Waals surface area contributed by atoms with Crippen molar-refractivity contribution in [3.63, 3.8) is 0 Å². The summed E-state index contributed by atoms with van der Waals surface area (Å²) in [6.45, 7) is 6.34. The van der Waals surface area contributed by atoms with Crippen molar-refractivity contribution in [2.24, 2.45) is 7.05 Å². The fraction of sp³-hybridized carbons (Fsp3) is 0.700. The molecular weight excluding hydrogens is 242 g/mol. The second-order valence-electron chi connectivity index (χ2n) is 5.17. The minimum absolute atomic E-state index is 0.0580. The van der Waals surface area contributed by atoms with Crippen molar-refractivity contribution in [1.29, 1.82) is 0 Å². The van der Waals surface area contributed by atoms with Gasteiger partial charge < -0.3 is 9.67 Å². The molecule has 0 fully saturated rings. The van der Waals surface area contributed by atoms with Gasteiger partial charge in [-0.1, -0.05) is 0 Å². The molecule has 98 valence electrons. The maximum Gasteiger partial charge on any atom is 0.260 e. The molecule has 2 N–H and O–H groups in total. The zero-order chi connectivity index (χ0) is 13.5. The molecule has 0 aliphatic carbocycles. The average molecular weight is 261 g/mol. The Morgan fingerprint density at radius 2 is 1.88 bits per heavy atom. The van der Waals surface area contributed by atoms with Gasteiger partial charge in [0.1, 0.15) is 0 Å². The third kappa shape index (κ3) is 3.05. The number of nitrogens with zero attached hydrogens (tertiary/aromatic N) is 2. The number of aliphatic hydroxyl groups is 1. The Morgan fingerprint density at radius 3 is 2.24 bits per heavy atom. The highest BCUT2D eigenvalue weighted by molar-refractivity contribution is 7.89.